The van der Waals surface area contributed by atoms with Crippen LogP contribution in [0.15, 0.2) is 86.6 Å². The second-order valence-corrected chi connectivity index (χ2v) is 6.67. The predicted octanol–water partition coefficient (Wildman–Crippen LogP) is 5.43. The average molecular weight is 331 g/mol. The van der Waals surface area contributed by atoms with Crippen LogP contribution in [0, 0.1) is 0 Å². The molecule has 0 saturated carbocycles. The largest absolute Gasteiger partial charge is 0.224 e. The predicted molar refractivity (Wildman–Crippen MR) is 88.2 cm³/mol. The summed E-state index contributed by atoms with van der Waals surface area (Å²) in [6, 6.07) is 22.2. The van der Waals surface area contributed by atoms with Crippen LogP contribution in [0.5, 0.6) is 0 Å². The number of halogens is 1. The van der Waals surface area contributed by atoms with Crippen molar-refractivity contribution < 1.29 is 0 Å². The third-order valence-electron chi connectivity index (χ3n) is 2.58. The highest BCUT2D eigenvalue weighted by Gasteiger charge is 2.06. The zero-order valence-electron chi connectivity index (χ0n) is 10.9. The fraction of sp³-hybridized carbons (Fsp3) is 0. The van der Waals surface area contributed by atoms with E-state index in [-0.39, 0.29) is 5.28 Å². The van der Waals surface area contributed by atoms with Crippen molar-refractivity contribution >= 4 is 35.1 Å². The molecule has 2 nitrogen and oxygen atoms in total. The Kier molecular flexibility index (Phi) is 4.80. The van der Waals surface area contributed by atoms with E-state index in [0.717, 1.165) is 19.8 Å². The summed E-state index contributed by atoms with van der Waals surface area (Å²) in [6.07, 6.45) is 0. The van der Waals surface area contributed by atoms with Crippen LogP contribution >= 0.6 is 35.1 Å². The molecular weight excluding hydrogens is 320 g/mol. The molecule has 0 radical (unpaired) electrons. The summed E-state index contributed by atoms with van der Waals surface area (Å²) in [5.74, 6) is 0. The van der Waals surface area contributed by atoms with Crippen molar-refractivity contribution in [2.24, 2.45) is 0 Å². The Hall–Kier alpha value is -1.49. The maximum Gasteiger partial charge on any atom is 0.224 e. The van der Waals surface area contributed by atoms with Crippen molar-refractivity contribution in [2.75, 3.05) is 0 Å². The van der Waals surface area contributed by atoms with Gasteiger partial charge in [0.2, 0.25) is 5.28 Å². The van der Waals surface area contributed by atoms with Crippen LogP contribution < -0.4 is 0 Å². The molecule has 5 heteroatoms. The number of nitrogens with zero attached hydrogens (tertiary/aromatic N) is 2. The zero-order chi connectivity index (χ0) is 14.5. The first-order chi connectivity index (χ1) is 10.3. The second-order valence-electron chi connectivity index (χ2n) is 4.14. The smallest absolute Gasteiger partial charge is 0.211 e. The van der Waals surface area contributed by atoms with E-state index in [2.05, 4.69) is 9.97 Å². The van der Waals surface area contributed by atoms with E-state index in [1.165, 1.54) is 0 Å². The Bertz CT molecular complexity index is 661. The van der Waals surface area contributed by atoms with Crippen molar-refractivity contribution in [2.45, 2.75) is 19.8 Å². The molecule has 0 N–H and O–H groups in total. The van der Waals surface area contributed by atoms with Crippen molar-refractivity contribution in [1.29, 1.82) is 0 Å². The zero-order valence-corrected chi connectivity index (χ0v) is 13.3. The highest BCUT2D eigenvalue weighted by atomic mass is 35.5. The molecule has 0 aliphatic heterocycles. The number of hydrogen-bond donors (Lipinski definition) is 0. The SMILES string of the molecule is Clc1nc(Sc2ccccc2)cc(Sc2ccccc2)n1. The maximum atomic E-state index is 6.03. The minimum absolute atomic E-state index is 0.273. The quantitative estimate of drug-likeness (QED) is 0.470. The molecule has 0 fully saturated rings. The lowest BCUT2D eigenvalue weighted by Crippen LogP contribution is -1.88. The Morgan fingerprint density at radius 3 is 1.52 bits per heavy atom. The molecule has 0 aliphatic rings. The molecule has 0 amide bonds. The van der Waals surface area contributed by atoms with Crippen LogP contribution in [0.4, 0.5) is 0 Å². The van der Waals surface area contributed by atoms with E-state index in [9.17, 15) is 0 Å². The molecule has 0 saturated heterocycles. The lowest BCUT2D eigenvalue weighted by Gasteiger charge is -2.05. The van der Waals surface area contributed by atoms with E-state index in [1.807, 2.05) is 66.7 Å². The maximum absolute atomic E-state index is 6.03. The summed E-state index contributed by atoms with van der Waals surface area (Å²) in [4.78, 5) is 10.8. The molecule has 0 spiro atoms. The molecule has 0 aliphatic carbocycles. The van der Waals surface area contributed by atoms with Gasteiger partial charge in [-0.1, -0.05) is 59.9 Å². The minimum Gasteiger partial charge on any atom is -0.211 e. The third kappa shape index (κ3) is 4.24. The number of aromatic nitrogens is 2. The van der Waals surface area contributed by atoms with Gasteiger partial charge < -0.3 is 0 Å². The Morgan fingerprint density at radius 1 is 0.667 bits per heavy atom. The number of rotatable bonds is 4. The van der Waals surface area contributed by atoms with Gasteiger partial charge in [-0.3, -0.25) is 0 Å². The van der Waals surface area contributed by atoms with E-state index in [0.29, 0.717) is 0 Å². The van der Waals surface area contributed by atoms with Gasteiger partial charge in [-0.25, -0.2) is 9.97 Å². The van der Waals surface area contributed by atoms with E-state index >= 15 is 0 Å². The van der Waals surface area contributed by atoms with Crippen LogP contribution in [0.3, 0.4) is 0 Å². The molecule has 1 heterocycles. The highest BCUT2D eigenvalue weighted by molar-refractivity contribution is 8.00. The third-order valence-corrected chi connectivity index (χ3v) is 4.60. The van der Waals surface area contributed by atoms with Gasteiger partial charge in [0.1, 0.15) is 10.1 Å². The summed E-state index contributed by atoms with van der Waals surface area (Å²) >= 11 is 9.19. The topological polar surface area (TPSA) is 25.8 Å². The van der Waals surface area contributed by atoms with Gasteiger partial charge >= 0.3 is 0 Å². The van der Waals surface area contributed by atoms with Gasteiger partial charge in [-0.05, 0) is 35.9 Å². The normalized spacial score (nSPS) is 10.5. The molecular formula is C16H11ClN2S2. The van der Waals surface area contributed by atoms with Crippen LogP contribution in [0.2, 0.25) is 5.28 Å². The van der Waals surface area contributed by atoms with Gasteiger partial charge in [-0.2, -0.15) is 0 Å². The summed E-state index contributed by atoms with van der Waals surface area (Å²) in [5.41, 5.74) is 0. The van der Waals surface area contributed by atoms with Gasteiger partial charge in [-0.15, -0.1) is 0 Å². The molecule has 0 bridgehead atoms. The lowest BCUT2D eigenvalue weighted by molar-refractivity contribution is 0.964. The highest BCUT2D eigenvalue weighted by Crippen LogP contribution is 2.32. The van der Waals surface area contributed by atoms with E-state index in [4.69, 9.17) is 11.6 Å². The molecule has 21 heavy (non-hydrogen) atoms. The first-order valence-corrected chi connectivity index (χ1v) is 8.31. The summed E-state index contributed by atoms with van der Waals surface area (Å²) in [5, 5.41) is 1.97. The Balaban J connectivity index is 1.83. The van der Waals surface area contributed by atoms with Crippen LogP contribution in [-0.2, 0) is 0 Å². The standard InChI is InChI=1S/C16H11ClN2S2/c17-16-18-14(20-12-7-3-1-4-8-12)11-15(19-16)21-13-9-5-2-6-10-13/h1-11H. The molecule has 104 valence electrons. The molecule has 3 rings (SSSR count). The van der Waals surface area contributed by atoms with Crippen LogP contribution in [0.25, 0.3) is 0 Å². The van der Waals surface area contributed by atoms with Gasteiger partial charge in [0.25, 0.3) is 0 Å². The lowest BCUT2D eigenvalue weighted by atomic mass is 10.4. The monoisotopic (exact) mass is 330 g/mol. The molecule has 2 aromatic carbocycles. The van der Waals surface area contributed by atoms with Gasteiger partial charge in [0.05, 0.1) is 0 Å². The number of benzene rings is 2. The van der Waals surface area contributed by atoms with Crippen LogP contribution in [-0.4, -0.2) is 9.97 Å². The van der Waals surface area contributed by atoms with Gasteiger partial charge in [0, 0.05) is 15.9 Å². The number of hydrogen-bond acceptors (Lipinski definition) is 4. The van der Waals surface area contributed by atoms with Crippen molar-refractivity contribution in [1.82, 2.24) is 9.97 Å². The second kappa shape index (κ2) is 6.98. The van der Waals surface area contributed by atoms with Crippen molar-refractivity contribution in [3.8, 4) is 0 Å². The fourth-order valence-corrected chi connectivity index (χ4v) is 3.73. The molecule has 0 unspecified atom stereocenters. The fourth-order valence-electron chi connectivity index (χ4n) is 1.70. The summed E-state index contributed by atoms with van der Waals surface area (Å²) in [7, 11) is 0. The minimum atomic E-state index is 0.273. The first kappa shape index (κ1) is 14.4. The van der Waals surface area contributed by atoms with E-state index in [1.54, 1.807) is 23.5 Å². The molecule has 1 aromatic heterocycles. The Labute approximate surface area is 137 Å². The van der Waals surface area contributed by atoms with E-state index < -0.39 is 0 Å². The Morgan fingerprint density at radius 2 is 1.10 bits per heavy atom. The molecule has 0 atom stereocenters. The molecule has 3 aromatic rings. The van der Waals surface area contributed by atoms with Crippen LogP contribution in [0.1, 0.15) is 0 Å². The van der Waals surface area contributed by atoms with Gasteiger partial charge in [0.15, 0.2) is 0 Å². The van der Waals surface area contributed by atoms with Crippen molar-refractivity contribution in [3.05, 3.63) is 72.0 Å². The summed E-state index contributed by atoms with van der Waals surface area (Å²) < 4.78 is 0. The average Bonchev–Trinajstić information content (AvgIpc) is 2.48. The first-order valence-electron chi connectivity index (χ1n) is 6.30. The summed E-state index contributed by atoms with van der Waals surface area (Å²) in [6.45, 7) is 0. The van der Waals surface area contributed by atoms with Crippen molar-refractivity contribution in [3.63, 3.8) is 0 Å².